The number of aromatic nitrogens is 2. The second-order valence-electron chi connectivity index (χ2n) is 3.24. The van der Waals surface area contributed by atoms with E-state index in [4.69, 9.17) is 22.6 Å². The molecule has 0 unspecified atom stereocenters. The lowest BCUT2D eigenvalue weighted by molar-refractivity contribution is 1.17. The van der Waals surface area contributed by atoms with Crippen LogP contribution in [0.15, 0.2) is 30.6 Å². The number of nitrogen functional groups attached to an aromatic ring is 1. The molecule has 0 radical (unpaired) electrons. The van der Waals surface area contributed by atoms with Gasteiger partial charge in [0.1, 0.15) is 12.0 Å². The normalized spacial score (nSPS) is 9.65. The largest absolute Gasteiger partial charge is 0.393 e. The third-order valence-corrected chi connectivity index (χ3v) is 2.41. The number of benzene rings is 1. The molecule has 0 spiro atoms. The average molecular weight is 246 g/mol. The maximum absolute atomic E-state index is 8.67. The highest BCUT2D eigenvalue weighted by atomic mass is 35.5. The number of nitriles is 1. The zero-order valence-corrected chi connectivity index (χ0v) is 9.44. The molecule has 1 aromatic heterocycles. The fourth-order valence-corrected chi connectivity index (χ4v) is 1.37. The second-order valence-corrected chi connectivity index (χ2v) is 3.60. The minimum Gasteiger partial charge on any atom is -0.393 e. The second kappa shape index (κ2) is 4.68. The smallest absolute Gasteiger partial charge is 0.158 e. The highest BCUT2D eigenvalue weighted by Crippen LogP contribution is 2.25. The molecule has 2 aromatic rings. The van der Waals surface area contributed by atoms with Crippen molar-refractivity contribution in [1.29, 1.82) is 5.26 Å². The number of hydrogen-bond donors (Lipinski definition) is 2. The quantitative estimate of drug-likeness (QED) is 0.793. The van der Waals surface area contributed by atoms with Crippen molar-refractivity contribution in [3.8, 4) is 6.07 Å². The topological polar surface area (TPSA) is 87.6 Å². The van der Waals surface area contributed by atoms with Crippen LogP contribution in [0.2, 0.25) is 5.15 Å². The Morgan fingerprint density at radius 2 is 1.94 bits per heavy atom. The molecule has 17 heavy (non-hydrogen) atoms. The van der Waals surface area contributed by atoms with Crippen LogP contribution in [0.4, 0.5) is 17.2 Å². The van der Waals surface area contributed by atoms with Gasteiger partial charge in [0.15, 0.2) is 11.0 Å². The molecule has 0 fully saturated rings. The summed E-state index contributed by atoms with van der Waals surface area (Å²) in [5.41, 5.74) is 7.36. The third kappa shape index (κ3) is 2.44. The van der Waals surface area contributed by atoms with Crippen LogP contribution in [-0.4, -0.2) is 9.97 Å². The van der Waals surface area contributed by atoms with Gasteiger partial charge in [0.25, 0.3) is 0 Å². The lowest BCUT2D eigenvalue weighted by Crippen LogP contribution is -2.00. The van der Waals surface area contributed by atoms with Gasteiger partial charge in [0.05, 0.1) is 11.6 Å². The van der Waals surface area contributed by atoms with Crippen molar-refractivity contribution in [2.24, 2.45) is 0 Å². The Balaban J connectivity index is 2.26. The molecule has 0 atom stereocenters. The van der Waals surface area contributed by atoms with Crippen LogP contribution in [0.5, 0.6) is 0 Å². The summed E-state index contributed by atoms with van der Waals surface area (Å²) in [5.74, 6) is 0.440. The van der Waals surface area contributed by atoms with E-state index in [-0.39, 0.29) is 5.15 Å². The molecule has 0 saturated carbocycles. The molecule has 0 amide bonds. The van der Waals surface area contributed by atoms with Gasteiger partial charge in [-0.2, -0.15) is 5.26 Å². The van der Waals surface area contributed by atoms with Gasteiger partial charge in [0, 0.05) is 5.69 Å². The summed E-state index contributed by atoms with van der Waals surface area (Å²) < 4.78 is 0. The van der Waals surface area contributed by atoms with E-state index in [2.05, 4.69) is 15.3 Å². The molecule has 0 saturated heterocycles. The fourth-order valence-electron chi connectivity index (χ4n) is 1.24. The van der Waals surface area contributed by atoms with Crippen molar-refractivity contribution in [3.05, 3.63) is 41.3 Å². The van der Waals surface area contributed by atoms with Crippen LogP contribution >= 0.6 is 11.6 Å². The van der Waals surface area contributed by atoms with Gasteiger partial charge in [-0.15, -0.1) is 0 Å². The van der Waals surface area contributed by atoms with Gasteiger partial charge < -0.3 is 11.1 Å². The number of anilines is 3. The number of rotatable bonds is 2. The maximum Gasteiger partial charge on any atom is 0.158 e. The first-order valence-corrected chi connectivity index (χ1v) is 5.11. The van der Waals surface area contributed by atoms with Gasteiger partial charge in [-0.3, -0.25) is 0 Å². The number of hydrogen-bond acceptors (Lipinski definition) is 5. The Labute approximate surface area is 103 Å². The highest BCUT2D eigenvalue weighted by Gasteiger charge is 2.05. The van der Waals surface area contributed by atoms with Gasteiger partial charge in [-0.05, 0) is 24.3 Å². The first kappa shape index (κ1) is 11.2. The van der Waals surface area contributed by atoms with Crippen LogP contribution in [0, 0.1) is 11.3 Å². The SMILES string of the molecule is N#Cc1ccc(Nc2ncnc(Cl)c2N)cc1. The molecule has 2 rings (SSSR count). The highest BCUT2D eigenvalue weighted by molar-refractivity contribution is 6.32. The first-order chi connectivity index (χ1) is 8.20. The van der Waals surface area contributed by atoms with E-state index in [1.54, 1.807) is 24.3 Å². The molecule has 0 aliphatic carbocycles. The monoisotopic (exact) mass is 245 g/mol. The van der Waals surface area contributed by atoms with Crippen molar-refractivity contribution in [3.63, 3.8) is 0 Å². The van der Waals surface area contributed by atoms with Crippen LogP contribution in [0.25, 0.3) is 0 Å². The summed E-state index contributed by atoms with van der Waals surface area (Å²) in [6, 6.07) is 8.95. The number of nitrogens with two attached hydrogens (primary N) is 1. The average Bonchev–Trinajstić information content (AvgIpc) is 2.36. The van der Waals surface area contributed by atoms with Gasteiger partial charge in [-0.1, -0.05) is 11.6 Å². The molecular formula is C11H8ClN5. The molecule has 0 aliphatic heterocycles. The lowest BCUT2D eigenvalue weighted by Gasteiger charge is -2.08. The Bertz CT molecular complexity index is 573. The molecule has 84 valence electrons. The zero-order chi connectivity index (χ0) is 12.3. The summed E-state index contributed by atoms with van der Waals surface area (Å²) in [5, 5.41) is 11.9. The molecule has 3 N–H and O–H groups in total. The fraction of sp³-hybridized carbons (Fsp3) is 0. The van der Waals surface area contributed by atoms with E-state index in [9.17, 15) is 0 Å². The zero-order valence-electron chi connectivity index (χ0n) is 8.68. The lowest BCUT2D eigenvalue weighted by atomic mass is 10.2. The van der Waals surface area contributed by atoms with Crippen molar-refractivity contribution < 1.29 is 0 Å². The van der Waals surface area contributed by atoms with Gasteiger partial charge in [-0.25, -0.2) is 9.97 Å². The minimum absolute atomic E-state index is 0.205. The Hall–Kier alpha value is -2.32. The predicted molar refractivity (Wildman–Crippen MR) is 65.9 cm³/mol. The van der Waals surface area contributed by atoms with Crippen molar-refractivity contribution in [2.45, 2.75) is 0 Å². The predicted octanol–water partition coefficient (Wildman–Crippen LogP) is 2.33. The molecule has 0 bridgehead atoms. The summed E-state index contributed by atoms with van der Waals surface area (Å²) in [6.45, 7) is 0. The minimum atomic E-state index is 0.205. The summed E-state index contributed by atoms with van der Waals surface area (Å²) in [6.07, 6.45) is 1.32. The Morgan fingerprint density at radius 1 is 1.24 bits per heavy atom. The van der Waals surface area contributed by atoms with E-state index in [0.29, 0.717) is 17.1 Å². The Morgan fingerprint density at radius 3 is 2.59 bits per heavy atom. The number of halogens is 1. The van der Waals surface area contributed by atoms with E-state index >= 15 is 0 Å². The number of nitrogens with zero attached hydrogens (tertiary/aromatic N) is 3. The van der Waals surface area contributed by atoms with E-state index < -0.39 is 0 Å². The first-order valence-electron chi connectivity index (χ1n) is 4.74. The van der Waals surface area contributed by atoms with Crippen molar-refractivity contribution in [1.82, 2.24) is 9.97 Å². The van der Waals surface area contributed by atoms with E-state index in [0.717, 1.165) is 5.69 Å². The number of nitrogens with one attached hydrogen (secondary N) is 1. The molecule has 6 heteroatoms. The van der Waals surface area contributed by atoms with Gasteiger partial charge in [0.2, 0.25) is 0 Å². The molecular weight excluding hydrogens is 238 g/mol. The van der Waals surface area contributed by atoms with Crippen molar-refractivity contribution >= 4 is 28.8 Å². The molecule has 5 nitrogen and oxygen atoms in total. The van der Waals surface area contributed by atoms with Crippen LogP contribution in [0.1, 0.15) is 5.56 Å². The third-order valence-electron chi connectivity index (χ3n) is 2.11. The molecule has 1 heterocycles. The van der Waals surface area contributed by atoms with E-state index in [1.165, 1.54) is 6.33 Å². The summed E-state index contributed by atoms with van der Waals surface area (Å²) in [4.78, 5) is 7.73. The van der Waals surface area contributed by atoms with Crippen LogP contribution in [-0.2, 0) is 0 Å². The Kier molecular flexibility index (Phi) is 3.08. The molecule has 0 aliphatic rings. The maximum atomic E-state index is 8.67. The summed E-state index contributed by atoms with van der Waals surface area (Å²) >= 11 is 5.77. The van der Waals surface area contributed by atoms with Crippen molar-refractivity contribution in [2.75, 3.05) is 11.1 Å². The van der Waals surface area contributed by atoms with Crippen LogP contribution < -0.4 is 11.1 Å². The summed E-state index contributed by atoms with van der Waals surface area (Å²) in [7, 11) is 0. The van der Waals surface area contributed by atoms with Crippen LogP contribution in [0.3, 0.4) is 0 Å². The molecule has 1 aromatic carbocycles. The standard InChI is InChI=1S/C11H8ClN5/c12-10-9(14)11(16-6-15-10)17-8-3-1-7(5-13)2-4-8/h1-4,6H,14H2,(H,15,16,17). The van der Waals surface area contributed by atoms with Gasteiger partial charge >= 0.3 is 0 Å². The van der Waals surface area contributed by atoms with E-state index in [1.807, 2.05) is 6.07 Å².